The number of anilines is 1. The number of esters is 1. The van der Waals surface area contributed by atoms with Gasteiger partial charge in [0.05, 0.1) is 13.7 Å². The van der Waals surface area contributed by atoms with Crippen molar-refractivity contribution in [1.82, 2.24) is 15.2 Å². The molecule has 1 saturated heterocycles. The van der Waals surface area contributed by atoms with E-state index in [-0.39, 0.29) is 12.5 Å². The van der Waals surface area contributed by atoms with Crippen molar-refractivity contribution in [2.24, 2.45) is 0 Å². The topological polar surface area (TPSA) is 77.7 Å². The third-order valence-corrected chi connectivity index (χ3v) is 5.78. The molecule has 2 aromatic carbocycles. The van der Waals surface area contributed by atoms with E-state index in [1.165, 1.54) is 12.8 Å². The number of rotatable bonds is 7. The molecule has 3 aromatic rings. The second-order valence-electron chi connectivity index (χ2n) is 7.81. The summed E-state index contributed by atoms with van der Waals surface area (Å²) in [5.74, 6) is -0.601. The first-order chi connectivity index (χ1) is 15.1. The van der Waals surface area contributed by atoms with Crippen LogP contribution in [-0.4, -0.2) is 67.6 Å². The number of methoxy groups -OCH3 is 1. The van der Waals surface area contributed by atoms with Crippen molar-refractivity contribution in [3.05, 3.63) is 66.4 Å². The number of para-hydroxylation sites is 2. The van der Waals surface area contributed by atoms with Crippen LogP contribution >= 0.6 is 0 Å². The van der Waals surface area contributed by atoms with Crippen LogP contribution in [0.15, 0.2) is 60.8 Å². The maximum atomic E-state index is 12.7. The fourth-order valence-electron chi connectivity index (χ4n) is 4.10. The van der Waals surface area contributed by atoms with Gasteiger partial charge in [-0.2, -0.15) is 0 Å². The Kier molecular flexibility index (Phi) is 6.52. The van der Waals surface area contributed by atoms with Crippen LogP contribution in [0.2, 0.25) is 0 Å². The molecule has 0 saturated carbocycles. The number of H-pyrrole nitrogens is 1. The highest BCUT2D eigenvalue weighted by molar-refractivity contribution is 5.87. The smallest absolute Gasteiger partial charge is 0.328 e. The van der Waals surface area contributed by atoms with Gasteiger partial charge in [0.15, 0.2) is 0 Å². The molecule has 2 N–H and O–H groups in total. The molecule has 7 nitrogen and oxygen atoms in total. The third kappa shape index (κ3) is 5.06. The molecule has 0 unspecified atom stereocenters. The molecule has 31 heavy (non-hydrogen) atoms. The number of carbonyl (C=O) groups excluding carboxylic acids is 2. The number of aromatic amines is 1. The first-order valence-corrected chi connectivity index (χ1v) is 10.6. The Hall–Kier alpha value is -3.32. The highest BCUT2D eigenvalue weighted by Crippen LogP contribution is 2.19. The number of carbonyl (C=O) groups is 2. The summed E-state index contributed by atoms with van der Waals surface area (Å²) in [6.45, 7) is 3.60. The molecule has 1 aromatic heterocycles. The van der Waals surface area contributed by atoms with Crippen LogP contribution in [0, 0.1) is 0 Å². The Bertz CT molecular complexity index is 1030. The second kappa shape index (κ2) is 9.66. The molecule has 1 fully saturated rings. The van der Waals surface area contributed by atoms with Crippen molar-refractivity contribution in [3.63, 3.8) is 0 Å². The standard InChI is InChI=1S/C24H28N4O3/c1-31-24(30)22(15-18-16-25-21-10-6-5-9-20(18)21)26-23(29)17-27-11-13-28(14-12-27)19-7-3-2-4-8-19/h2-10,16,22,25H,11-15,17H2,1H3,(H,26,29)/t22-/m0/s1. The SMILES string of the molecule is COC(=O)[C@H](Cc1c[nH]c2ccccc12)NC(=O)CN1CCN(c2ccccc2)CC1. The summed E-state index contributed by atoms with van der Waals surface area (Å²) < 4.78 is 4.94. The number of piperazine rings is 1. The van der Waals surface area contributed by atoms with Gasteiger partial charge < -0.3 is 19.9 Å². The van der Waals surface area contributed by atoms with E-state index < -0.39 is 12.0 Å². The van der Waals surface area contributed by atoms with Gasteiger partial charge in [-0.15, -0.1) is 0 Å². The Morgan fingerprint density at radius 3 is 2.48 bits per heavy atom. The summed E-state index contributed by atoms with van der Waals surface area (Å²) in [7, 11) is 1.35. The maximum absolute atomic E-state index is 12.7. The third-order valence-electron chi connectivity index (χ3n) is 5.78. The van der Waals surface area contributed by atoms with Gasteiger partial charge >= 0.3 is 5.97 Å². The molecule has 2 heterocycles. The first kappa shape index (κ1) is 20.9. The van der Waals surface area contributed by atoms with Crippen molar-refractivity contribution in [1.29, 1.82) is 0 Å². The molecule has 1 aliphatic heterocycles. The van der Waals surface area contributed by atoms with Crippen molar-refractivity contribution < 1.29 is 14.3 Å². The quantitative estimate of drug-likeness (QED) is 0.573. The molecular weight excluding hydrogens is 392 g/mol. The number of benzene rings is 2. The summed E-state index contributed by atoms with van der Waals surface area (Å²) >= 11 is 0. The van der Waals surface area contributed by atoms with Crippen molar-refractivity contribution >= 4 is 28.5 Å². The Morgan fingerprint density at radius 1 is 1.03 bits per heavy atom. The van der Waals surface area contributed by atoms with Crippen LogP contribution in [0.25, 0.3) is 10.9 Å². The summed E-state index contributed by atoms with van der Waals surface area (Å²) in [6.07, 6.45) is 2.26. The molecule has 0 radical (unpaired) electrons. The lowest BCUT2D eigenvalue weighted by Crippen LogP contribution is -2.52. The predicted octanol–water partition coefficient (Wildman–Crippen LogP) is 2.19. The number of fused-ring (bicyclic) bond motifs is 1. The molecule has 1 aliphatic rings. The maximum Gasteiger partial charge on any atom is 0.328 e. The van der Waals surface area contributed by atoms with E-state index in [1.54, 1.807) is 0 Å². The molecule has 0 spiro atoms. The lowest BCUT2D eigenvalue weighted by molar-refractivity contribution is -0.145. The lowest BCUT2D eigenvalue weighted by atomic mass is 10.0. The van der Waals surface area contributed by atoms with Gasteiger partial charge in [0.25, 0.3) is 0 Å². The van der Waals surface area contributed by atoms with Gasteiger partial charge in [-0.1, -0.05) is 36.4 Å². The Morgan fingerprint density at radius 2 is 1.74 bits per heavy atom. The van der Waals surface area contributed by atoms with Gasteiger partial charge in [0.2, 0.25) is 5.91 Å². The van der Waals surface area contributed by atoms with Crippen LogP contribution < -0.4 is 10.2 Å². The number of amides is 1. The zero-order chi connectivity index (χ0) is 21.6. The molecule has 0 bridgehead atoms. The molecular formula is C24H28N4O3. The number of ether oxygens (including phenoxy) is 1. The van der Waals surface area contributed by atoms with E-state index in [1.807, 2.05) is 48.7 Å². The molecule has 0 aliphatic carbocycles. The number of hydrogen-bond acceptors (Lipinski definition) is 5. The zero-order valence-corrected chi connectivity index (χ0v) is 17.7. The number of aromatic nitrogens is 1. The largest absolute Gasteiger partial charge is 0.467 e. The molecule has 7 heteroatoms. The fourth-order valence-corrected chi connectivity index (χ4v) is 4.10. The minimum Gasteiger partial charge on any atom is -0.467 e. The Labute approximate surface area is 182 Å². The minimum absolute atomic E-state index is 0.164. The highest BCUT2D eigenvalue weighted by atomic mass is 16.5. The Balaban J connectivity index is 1.33. The number of hydrogen-bond donors (Lipinski definition) is 2. The van der Waals surface area contributed by atoms with Gasteiger partial charge in [-0.25, -0.2) is 4.79 Å². The van der Waals surface area contributed by atoms with Crippen LogP contribution in [0.3, 0.4) is 0 Å². The predicted molar refractivity (Wildman–Crippen MR) is 121 cm³/mol. The molecule has 4 rings (SSSR count). The number of nitrogens with zero attached hydrogens (tertiary/aromatic N) is 2. The molecule has 1 atom stereocenters. The monoisotopic (exact) mass is 420 g/mol. The van der Waals surface area contributed by atoms with Crippen molar-refractivity contribution in [2.75, 3.05) is 44.7 Å². The van der Waals surface area contributed by atoms with Gasteiger partial charge in [-0.05, 0) is 23.8 Å². The van der Waals surface area contributed by atoms with Crippen molar-refractivity contribution in [2.45, 2.75) is 12.5 Å². The average Bonchev–Trinajstić information content (AvgIpc) is 3.22. The second-order valence-corrected chi connectivity index (χ2v) is 7.81. The summed E-state index contributed by atoms with van der Waals surface area (Å²) in [5, 5.41) is 3.92. The number of nitrogens with one attached hydrogen (secondary N) is 2. The van der Waals surface area contributed by atoms with E-state index in [9.17, 15) is 9.59 Å². The molecule has 162 valence electrons. The van der Waals surface area contributed by atoms with Crippen LogP contribution in [0.5, 0.6) is 0 Å². The highest BCUT2D eigenvalue weighted by Gasteiger charge is 2.25. The van der Waals surface area contributed by atoms with Crippen LogP contribution in [-0.2, 0) is 20.7 Å². The van der Waals surface area contributed by atoms with E-state index in [2.05, 4.69) is 32.2 Å². The average molecular weight is 421 g/mol. The van der Waals surface area contributed by atoms with Crippen LogP contribution in [0.4, 0.5) is 5.69 Å². The minimum atomic E-state index is -0.720. The van der Waals surface area contributed by atoms with E-state index >= 15 is 0 Å². The summed E-state index contributed by atoms with van der Waals surface area (Å²) in [4.78, 5) is 32.7. The molecule has 1 amide bonds. The normalized spacial score (nSPS) is 15.6. The lowest BCUT2D eigenvalue weighted by Gasteiger charge is -2.35. The van der Waals surface area contributed by atoms with E-state index in [0.717, 1.165) is 42.6 Å². The van der Waals surface area contributed by atoms with Crippen LogP contribution in [0.1, 0.15) is 5.56 Å². The van der Waals surface area contributed by atoms with Gasteiger partial charge in [0, 0.05) is 55.4 Å². The zero-order valence-electron chi connectivity index (χ0n) is 17.7. The van der Waals surface area contributed by atoms with E-state index in [4.69, 9.17) is 4.74 Å². The van der Waals surface area contributed by atoms with Gasteiger partial charge in [-0.3, -0.25) is 9.69 Å². The summed E-state index contributed by atoms with van der Waals surface area (Å²) in [5.41, 5.74) is 3.18. The van der Waals surface area contributed by atoms with Crippen molar-refractivity contribution in [3.8, 4) is 0 Å². The summed E-state index contributed by atoms with van der Waals surface area (Å²) in [6, 6.07) is 17.5. The first-order valence-electron chi connectivity index (χ1n) is 10.6. The fraction of sp³-hybridized carbons (Fsp3) is 0.333. The van der Waals surface area contributed by atoms with Gasteiger partial charge in [0.1, 0.15) is 6.04 Å². The van der Waals surface area contributed by atoms with E-state index in [0.29, 0.717) is 6.42 Å².